The van der Waals surface area contributed by atoms with E-state index in [4.69, 9.17) is 10.8 Å². The molecule has 2 amide bonds. The van der Waals surface area contributed by atoms with Crippen LogP contribution in [-0.4, -0.2) is 28.9 Å². The molecule has 76 valence electrons. The average molecular weight is 198 g/mol. The first-order valence-electron chi connectivity index (χ1n) is 3.71. The summed E-state index contributed by atoms with van der Waals surface area (Å²) in [5, 5.41) is 10.6. The molecule has 0 aromatic rings. The minimum Gasteiger partial charge on any atom is -0.480 e. The Labute approximate surface area is 80.5 Å². The number of aliphatic carboxylic acids is 1. The molecule has 0 heterocycles. The smallest absolute Gasteiger partial charge is 0.326 e. The molecule has 0 aromatic heterocycles. The molecule has 14 heavy (non-hydrogen) atoms. The maximum Gasteiger partial charge on any atom is 0.326 e. The number of carbonyl (C=O) groups is 3. The van der Waals surface area contributed by atoms with Gasteiger partial charge >= 0.3 is 5.97 Å². The van der Waals surface area contributed by atoms with E-state index in [2.05, 4.69) is 11.8 Å². The molecular formula is C8H10N2O4. The summed E-state index contributed by atoms with van der Waals surface area (Å²) in [6.45, 7) is 1.43. The van der Waals surface area contributed by atoms with Crippen LogP contribution in [0.1, 0.15) is 13.3 Å². The van der Waals surface area contributed by atoms with Gasteiger partial charge in [0, 0.05) is 0 Å². The lowest BCUT2D eigenvalue weighted by atomic mass is 10.2. The highest BCUT2D eigenvalue weighted by Gasteiger charge is 2.21. The molecule has 6 heteroatoms. The quantitative estimate of drug-likeness (QED) is 0.475. The molecule has 0 rings (SSSR count). The first kappa shape index (κ1) is 12.0. The van der Waals surface area contributed by atoms with Crippen LogP contribution in [0.3, 0.4) is 0 Å². The molecule has 0 bridgehead atoms. The summed E-state index contributed by atoms with van der Waals surface area (Å²) in [6.07, 6.45) is -0.452. The predicted molar refractivity (Wildman–Crippen MR) is 46.8 cm³/mol. The normalized spacial score (nSPS) is 10.6. The number of carboxylic acids is 1. The first-order valence-corrected chi connectivity index (χ1v) is 3.71. The van der Waals surface area contributed by atoms with Gasteiger partial charge in [-0.05, 0) is 12.8 Å². The molecule has 0 saturated carbocycles. The van der Waals surface area contributed by atoms with E-state index in [1.54, 1.807) is 0 Å². The Morgan fingerprint density at radius 3 is 2.43 bits per heavy atom. The predicted octanol–water partition coefficient (Wildman–Crippen LogP) is -1.55. The number of carbonyl (C=O) groups excluding carboxylic acids is 2. The molecule has 0 fully saturated rings. The second-order valence-electron chi connectivity index (χ2n) is 2.41. The van der Waals surface area contributed by atoms with Crippen LogP contribution in [0, 0.1) is 11.8 Å². The third-order valence-corrected chi connectivity index (χ3v) is 1.25. The lowest BCUT2D eigenvalue weighted by molar-refractivity contribution is -0.142. The number of amides is 2. The molecule has 0 radical (unpaired) electrons. The largest absolute Gasteiger partial charge is 0.480 e. The van der Waals surface area contributed by atoms with Crippen molar-refractivity contribution in [3.8, 4) is 11.8 Å². The molecule has 0 aromatic carbocycles. The van der Waals surface area contributed by atoms with Crippen molar-refractivity contribution in [1.82, 2.24) is 5.32 Å². The fourth-order valence-electron chi connectivity index (χ4n) is 0.709. The van der Waals surface area contributed by atoms with Gasteiger partial charge in [0.2, 0.25) is 5.91 Å². The first-order chi connectivity index (χ1) is 6.47. The molecule has 0 aliphatic heterocycles. The van der Waals surface area contributed by atoms with Crippen molar-refractivity contribution in [1.29, 1.82) is 0 Å². The maximum absolute atomic E-state index is 10.8. The summed E-state index contributed by atoms with van der Waals surface area (Å²) >= 11 is 0. The Morgan fingerprint density at radius 1 is 1.50 bits per heavy atom. The molecule has 0 aliphatic carbocycles. The summed E-state index contributed by atoms with van der Waals surface area (Å²) in [6, 6.07) is -1.32. The van der Waals surface area contributed by atoms with Gasteiger partial charge in [-0.2, -0.15) is 0 Å². The van der Waals surface area contributed by atoms with Crippen LogP contribution in [0.5, 0.6) is 0 Å². The Balaban J connectivity index is 4.35. The third kappa shape index (κ3) is 4.77. The number of nitrogens with two attached hydrogens (primary N) is 1. The van der Waals surface area contributed by atoms with Gasteiger partial charge in [-0.3, -0.25) is 9.59 Å². The van der Waals surface area contributed by atoms with Crippen LogP contribution in [-0.2, 0) is 14.4 Å². The standard InChI is InChI=1S/C8H10N2O4/c1-2-3-7(12)10-5(8(13)14)4-6(9)11/h5H,4H2,1H3,(H2,9,11)(H,10,12)(H,13,14)/t5-/m0/s1. The van der Waals surface area contributed by atoms with E-state index in [9.17, 15) is 14.4 Å². The number of rotatable bonds is 4. The third-order valence-electron chi connectivity index (χ3n) is 1.25. The Bertz CT molecular complexity index is 313. The van der Waals surface area contributed by atoms with Crippen LogP contribution in [0.25, 0.3) is 0 Å². The number of carboxylic acid groups (broad SMARTS) is 1. The minimum absolute atomic E-state index is 0.452. The zero-order chi connectivity index (χ0) is 11.1. The van der Waals surface area contributed by atoms with E-state index >= 15 is 0 Å². The molecule has 0 spiro atoms. The molecule has 6 nitrogen and oxygen atoms in total. The monoisotopic (exact) mass is 198 g/mol. The summed E-state index contributed by atoms with van der Waals surface area (Å²) < 4.78 is 0. The van der Waals surface area contributed by atoms with Crippen LogP contribution in [0.2, 0.25) is 0 Å². The topological polar surface area (TPSA) is 109 Å². The maximum atomic E-state index is 10.8. The molecule has 1 atom stereocenters. The Hall–Kier alpha value is -2.03. The second-order valence-corrected chi connectivity index (χ2v) is 2.41. The van der Waals surface area contributed by atoms with Crippen molar-refractivity contribution >= 4 is 17.8 Å². The van der Waals surface area contributed by atoms with Gasteiger partial charge < -0.3 is 16.2 Å². The Kier molecular flexibility index (Phi) is 4.78. The highest BCUT2D eigenvalue weighted by Crippen LogP contribution is 1.91. The SMILES string of the molecule is CC#CC(=O)N[C@@H](CC(N)=O)C(=O)O. The van der Waals surface area contributed by atoms with Crippen LogP contribution < -0.4 is 11.1 Å². The van der Waals surface area contributed by atoms with E-state index in [-0.39, 0.29) is 0 Å². The molecule has 0 saturated heterocycles. The second kappa shape index (κ2) is 5.59. The van der Waals surface area contributed by atoms with Crippen molar-refractivity contribution in [2.24, 2.45) is 5.73 Å². The number of hydrogen-bond donors (Lipinski definition) is 3. The Morgan fingerprint density at radius 2 is 2.07 bits per heavy atom. The number of nitrogens with one attached hydrogen (secondary N) is 1. The van der Waals surface area contributed by atoms with E-state index in [0.29, 0.717) is 0 Å². The van der Waals surface area contributed by atoms with Gasteiger partial charge in [-0.1, -0.05) is 5.92 Å². The van der Waals surface area contributed by atoms with Gasteiger partial charge in [0.1, 0.15) is 6.04 Å². The van der Waals surface area contributed by atoms with Crippen LogP contribution in [0.15, 0.2) is 0 Å². The van der Waals surface area contributed by atoms with E-state index in [0.717, 1.165) is 0 Å². The lowest BCUT2D eigenvalue weighted by Crippen LogP contribution is -2.42. The fourth-order valence-corrected chi connectivity index (χ4v) is 0.709. The highest BCUT2D eigenvalue weighted by molar-refractivity contribution is 5.97. The van der Waals surface area contributed by atoms with E-state index in [1.165, 1.54) is 6.92 Å². The van der Waals surface area contributed by atoms with Crippen LogP contribution in [0.4, 0.5) is 0 Å². The van der Waals surface area contributed by atoms with Gasteiger partial charge in [-0.15, -0.1) is 0 Å². The van der Waals surface area contributed by atoms with E-state index < -0.39 is 30.2 Å². The van der Waals surface area contributed by atoms with Crippen molar-refractivity contribution in [3.05, 3.63) is 0 Å². The zero-order valence-corrected chi connectivity index (χ0v) is 7.53. The van der Waals surface area contributed by atoms with Gasteiger partial charge in [-0.25, -0.2) is 4.79 Å². The summed E-state index contributed by atoms with van der Waals surface area (Å²) in [7, 11) is 0. The fraction of sp³-hybridized carbons (Fsp3) is 0.375. The minimum atomic E-state index is -1.32. The summed E-state index contributed by atoms with van der Waals surface area (Å²) in [5.41, 5.74) is 4.79. The van der Waals surface area contributed by atoms with Gasteiger partial charge in [0.25, 0.3) is 5.91 Å². The molecule has 0 aliphatic rings. The van der Waals surface area contributed by atoms with Crippen molar-refractivity contribution in [2.75, 3.05) is 0 Å². The summed E-state index contributed by atoms with van der Waals surface area (Å²) in [4.78, 5) is 31.8. The van der Waals surface area contributed by atoms with Crippen molar-refractivity contribution in [3.63, 3.8) is 0 Å². The zero-order valence-electron chi connectivity index (χ0n) is 7.53. The number of primary amides is 1. The highest BCUT2D eigenvalue weighted by atomic mass is 16.4. The summed E-state index contributed by atoms with van der Waals surface area (Å²) in [5.74, 6) is 1.51. The van der Waals surface area contributed by atoms with E-state index in [1.807, 2.05) is 5.32 Å². The average Bonchev–Trinajstić information content (AvgIpc) is 2.02. The molecular weight excluding hydrogens is 188 g/mol. The van der Waals surface area contributed by atoms with Gasteiger partial charge in [0.15, 0.2) is 0 Å². The van der Waals surface area contributed by atoms with Crippen molar-refractivity contribution < 1.29 is 19.5 Å². The molecule has 0 unspecified atom stereocenters. The van der Waals surface area contributed by atoms with Crippen LogP contribution >= 0.6 is 0 Å². The molecule has 4 N–H and O–H groups in total. The van der Waals surface area contributed by atoms with Crippen molar-refractivity contribution in [2.45, 2.75) is 19.4 Å². The number of hydrogen-bond acceptors (Lipinski definition) is 3. The van der Waals surface area contributed by atoms with Gasteiger partial charge in [0.05, 0.1) is 6.42 Å². The lowest BCUT2D eigenvalue weighted by Gasteiger charge is -2.09.